The maximum absolute atomic E-state index is 9.69. The lowest BCUT2D eigenvalue weighted by Gasteiger charge is -2.25. The average Bonchev–Trinajstić information content (AvgIpc) is 3.07. The van der Waals surface area contributed by atoms with E-state index < -0.39 is 0 Å². The lowest BCUT2D eigenvalue weighted by molar-refractivity contribution is 0.00710. The molecule has 25 heavy (non-hydrogen) atoms. The van der Waals surface area contributed by atoms with Crippen molar-refractivity contribution in [1.29, 1.82) is 0 Å². The molecule has 3 nitrogen and oxygen atoms in total. The van der Waals surface area contributed by atoms with Gasteiger partial charge in [0.1, 0.15) is 12.4 Å². The quantitative estimate of drug-likeness (QED) is 0.271. The van der Waals surface area contributed by atoms with Gasteiger partial charge < -0.3 is 5.11 Å². The Morgan fingerprint density at radius 3 is 2.00 bits per heavy atom. The van der Waals surface area contributed by atoms with Crippen molar-refractivity contribution in [2.75, 3.05) is 6.54 Å². The average molecular weight is 351 g/mol. The zero-order valence-corrected chi connectivity index (χ0v) is 16.8. The minimum Gasteiger partial charge on any atom is -0.379 e. The second-order valence-electron chi connectivity index (χ2n) is 7.53. The molecule has 1 aliphatic heterocycles. The van der Waals surface area contributed by atoms with Gasteiger partial charge in [0.05, 0.1) is 0 Å². The summed E-state index contributed by atoms with van der Waals surface area (Å²) in [5, 5.41) is 9.69. The Hall–Kier alpha value is -0.670. The van der Waals surface area contributed by atoms with Crippen molar-refractivity contribution in [2.45, 2.75) is 116 Å². The first-order chi connectivity index (χ1) is 12.3. The summed E-state index contributed by atoms with van der Waals surface area (Å²) in [6, 6.07) is 0. The van der Waals surface area contributed by atoms with Gasteiger partial charge in [-0.3, -0.25) is 9.89 Å². The summed E-state index contributed by atoms with van der Waals surface area (Å²) in [5.41, 5.74) is 0. The molecular formula is C22H42N2O. The van der Waals surface area contributed by atoms with Crippen LogP contribution in [0.3, 0.4) is 0 Å². The van der Waals surface area contributed by atoms with E-state index in [2.05, 4.69) is 29.0 Å². The van der Waals surface area contributed by atoms with Crippen molar-refractivity contribution in [3.63, 3.8) is 0 Å². The summed E-state index contributed by atoms with van der Waals surface area (Å²) >= 11 is 0. The highest BCUT2D eigenvalue weighted by atomic mass is 16.3. The van der Waals surface area contributed by atoms with Crippen molar-refractivity contribution in [3.05, 3.63) is 12.2 Å². The first kappa shape index (κ1) is 22.4. The summed E-state index contributed by atoms with van der Waals surface area (Å²) in [5.74, 6) is 0. The number of aliphatic hydroxyl groups is 1. The number of allylic oxidation sites excluding steroid dienone is 2. The van der Waals surface area contributed by atoms with Gasteiger partial charge in [0.25, 0.3) is 0 Å². The Labute approximate surface area is 156 Å². The first-order valence-corrected chi connectivity index (χ1v) is 10.8. The van der Waals surface area contributed by atoms with Gasteiger partial charge in [0, 0.05) is 12.8 Å². The molecule has 0 aromatic rings. The van der Waals surface area contributed by atoms with E-state index in [0.717, 1.165) is 13.0 Å². The van der Waals surface area contributed by atoms with E-state index >= 15 is 0 Å². The molecule has 3 heteroatoms. The molecule has 0 aliphatic carbocycles. The topological polar surface area (TPSA) is 35.8 Å². The number of nitrogens with zero attached hydrogens (tertiary/aromatic N) is 2. The van der Waals surface area contributed by atoms with Gasteiger partial charge in [-0.25, -0.2) is 0 Å². The van der Waals surface area contributed by atoms with E-state index in [0.29, 0.717) is 0 Å². The van der Waals surface area contributed by atoms with Crippen LogP contribution in [0.5, 0.6) is 0 Å². The maximum Gasteiger partial charge on any atom is 0.106 e. The Morgan fingerprint density at radius 2 is 1.48 bits per heavy atom. The highest BCUT2D eigenvalue weighted by Gasteiger charge is 2.23. The van der Waals surface area contributed by atoms with Crippen LogP contribution < -0.4 is 0 Å². The van der Waals surface area contributed by atoms with Crippen LogP contribution in [-0.2, 0) is 0 Å². The Morgan fingerprint density at radius 1 is 0.960 bits per heavy atom. The number of aliphatic imine (C=N–C) groups is 1. The number of rotatable bonds is 16. The summed E-state index contributed by atoms with van der Waals surface area (Å²) in [6.45, 7) is 4.75. The molecule has 1 rings (SSSR count). The van der Waals surface area contributed by atoms with Crippen LogP contribution in [0, 0.1) is 0 Å². The van der Waals surface area contributed by atoms with E-state index in [1.165, 1.54) is 83.5 Å². The Bertz CT molecular complexity index is 352. The third-order valence-electron chi connectivity index (χ3n) is 5.25. The molecule has 2 atom stereocenters. The molecule has 0 bridgehead atoms. The lowest BCUT2D eigenvalue weighted by Crippen LogP contribution is -2.37. The molecule has 1 N–H and O–H groups in total. The van der Waals surface area contributed by atoms with Gasteiger partial charge in [-0.05, 0) is 39.5 Å². The molecule has 0 saturated carbocycles. The molecule has 0 aromatic heterocycles. The number of hydrogen-bond acceptors (Lipinski definition) is 3. The van der Waals surface area contributed by atoms with Crippen LogP contribution in [0.25, 0.3) is 0 Å². The molecule has 0 amide bonds. The van der Waals surface area contributed by atoms with Crippen molar-refractivity contribution >= 4 is 6.21 Å². The van der Waals surface area contributed by atoms with Crippen LogP contribution in [0.2, 0.25) is 0 Å². The monoisotopic (exact) mass is 350 g/mol. The van der Waals surface area contributed by atoms with Crippen LogP contribution >= 0.6 is 0 Å². The Kier molecular flexibility index (Phi) is 13.9. The number of aliphatic hydroxyl groups excluding tert-OH is 1. The van der Waals surface area contributed by atoms with Gasteiger partial charge in [-0.15, -0.1) is 0 Å². The minimum absolute atomic E-state index is 0.220. The largest absolute Gasteiger partial charge is 0.379 e. The first-order valence-electron chi connectivity index (χ1n) is 10.8. The van der Waals surface area contributed by atoms with Gasteiger partial charge >= 0.3 is 0 Å². The fourth-order valence-corrected chi connectivity index (χ4v) is 3.64. The van der Waals surface area contributed by atoms with E-state index in [1.54, 1.807) is 0 Å². The summed E-state index contributed by atoms with van der Waals surface area (Å²) in [6.07, 6.45) is 25.2. The molecule has 0 spiro atoms. The molecule has 2 unspecified atom stereocenters. The zero-order chi connectivity index (χ0) is 18.2. The van der Waals surface area contributed by atoms with Crippen LogP contribution in [0.4, 0.5) is 0 Å². The molecule has 1 heterocycles. The van der Waals surface area contributed by atoms with Crippen LogP contribution in [-0.4, -0.2) is 35.2 Å². The van der Waals surface area contributed by atoms with Crippen LogP contribution in [0.1, 0.15) is 104 Å². The third-order valence-corrected chi connectivity index (χ3v) is 5.25. The van der Waals surface area contributed by atoms with Crippen molar-refractivity contribution in [2.24, 2.45) is 4.99 Å². The van der Waals surface area contributed by atoms with E-state index in [9.17, 15) is 5.11 Å². The number of hydrogen-bond donors (Lipinski definition) is 1. The van der Waals surface area contributed by atoms with E-state index in [4.69, 9.17) is 0 Å². The van der Waals surface area contributed by atoms with Gasteiger partial charge in [-0.1, -0.05) is 76.4 Å². The summed E-state index contributed by atoms with van der Waals surface area (Å²) < 4.78 is 0. The SMILES string of the molecule is C/C=C/CCCCCCCCCCCCCCC1N=CCN1C(C)O. The maximum atomic E-state index is 9.69. The van der Waals surface area contributed by atoms with Crippen molar-refractivity contribution < 1.29 is 5.11 Å². The van der Waals surface area contributed by atoms with Gasteiger partial charge in [0.15, 0.2) is 0 Å². The summed E-state index contributed by atoms with van der Waals surface area (Å²) in [7, 11) is 0. The molecule has 1 aliphatic rings. The predicted molar refractivity (Wildman–Crippen MR) is 110 cm³/mol. The van der Waals surface area contributed by atoms with Gasteiger partial charge in [-0.2, -0.15) is 0 Å². The predicted octanol–water partition coefficient (Wildman–Crippen LogP) is 6.07. The zero-order valence-electron chi connectivity index (χ0n) is 16.8. The molecule has 0 radical (unpaired) electrons. The molecule has 0 fully saturated rings. The highest BCUT2D eigenvalue weighted by Crippen LogP contribution is 2.18. The highest BCUT2D eigenvalue weighted by molar-refractivity contribution is 5.62. The van der Waals surface area contributed by atoms with E-state index in [-0.39, 0.29) is 12.4 Å². The summed E-state index contributed by atoms with van der Waals surface area (Å²) in [4.78, 5) is 6.55. The molecule has 146 valence electrons. The minimum atomic E-state index is -0.374. The fourth-order valence-electron chi connectivity index (χ4n) is 3.64. The van der Waals surface area contributed by atoms with Crippen LogP contribution in [0.15, 0.2) is 17.1 Å². The van der Waals surface area contributed by atoms with Crippen molar-refractivity contribution in [1.82, 2.24) is 4.90 Å². The normalized spacial score (nSPS) is 19.2. The second-order valence-corrected chi connectivity index (χ2v) is 7.53. The smallest absolute Gasteiger partial charge is 0.106 e. The fraction of sp³-hybridized carbons (Fsp3) is 0.864. The standard InChI is InChI=1S/C22H42N2O/c1-3-4-5-6-7-8-9-10-11-12-13-14-15-16-17-18-22-23-19-20-24(22)21(2)25/h3-4,19,21-22,25H,5-18,20H2,1-2H3/b4-3+. The second kappa shape index (κ2) is 15.6. The number of unbranched alkanes of at least 4 members (excludes halogenated alkanes) is 12. The van der Waals surface area contributed by atoms with Gasteiger partial charge in [0.2, 0.25) is 0 Å². The lowest BCUT2D eigenvalue weighted by atomic mass is 10.0. The van der Waals surface area contributed by atoms with E-state index in [1.807, 2.05) is 13.1 Å². The molecular weight excluding hydrogens is 308 g/mol. The van der Waals surface area contributed by atoms with Crippen molar-refractivity contribution in [3.8, 4) is 0 Å². The molecule has 0 saturated heterocycles. The molecule has 0 aromatic carbocycles. The third kappa shape index (κ3) is 11.5. The Balaban J connectivity index is 1.78.